The molecule has 0 unspecified atom stereocenters. The van der Waals surface area contributed by atoms with E-state index in [0.717, 1.165) is 22.7 Å². The van der Waals surface area contributed by atoms with E-state index in [9.17, 15) is 4.79 Å². The molecule has 5 rings (SSSR count). The van der Waals surface area contributed by atoms with Crippen LogP contribution in [0.1, 0.15) is 53.1 Å². The number of aromatic amines is 1. The van der Waals surface area contributed by atoms with Crippen LogP contribution in [0.5, 0.6) is 0 Å². The molecule has 0 aliphatic carbocycles. The van der Waals surface area contributed by atoms with Gasteiger partial charge in [-0.2, -0.15) is 5.10 Å². The Kier molecular flexibility index (Phi) is 5.47. The lowest BCUT2D eigenvalue weighted by Gasteiger charge is -2.16. The number of nitrogens with one attached hydrogen (secondary N) is 2. The second-order valence-corrected chi connectivity index (χ2v) is 8.94. The first-order valence-electron chi connectivity index (χ1n) is 10.7. The van der Waals surface area contributed by atoms with Crippen molar-refractivity contribution in [1.82, 2.24) is 44.9 Å². The number of thiophene rings is 1. The van der Waals surface area contributed by atoms with E-state index < -0.39 is 0 Å². The Morgan fingerprint density at radius 2 is 2.12 bits per heavy atom. The molecule has 1 atom stereocenters. The topological polar surface area (TPSA) is 119 Å². The molecule has 0 saturated carbocycles. The first-order valence-corrected chi connectivity index (χ1v) is 11.5. The van der Waals surface area contributed by atoms with Crippen molar-refractivity contribution >= 4 is 22.9 Å². The maximum absolute atomic E-state index is 13.4. The van der Waals surface area contributed by atoms with Crippen molar-refractivity contribution < 1.29 is 4.79 Å². The lowest BCUT2D eigenvalue weighted by molar-refractivity contribution is 0.0933. The molecular formula is C22H23N9OS. The molecule has 0 spiro atoms. The van der Waals surface area contributed by atoms with Gasteiger partial charge in [0.25, 0.3) is 5.91 Å². The lowest BCUT2D eigenvalue weighted by Crippen LogP contribution is -2.29. The van der Waals surface area contributed by atoms with E-state index in [-0.39, 0.29) is 11.9 Å². The van der Waals surface area contributed by atoms with Gasteiger partial charge in [0, 0.05) is 11.1 Å². The molecular weight excluding hydrogens is 438 g/mol. The number of aromatic nitrogens is 8. The number of imidazole rings is 1. The maximum Gasteiger partial charge on any atom is 0.253 e. The summed E-state index contributed by atoms with van der Waals surface area (Å²) in [5.74, 6) is 0.399. The molecule has 10 nitrogen and oxygen atoms in total. The predicted octanol–water partition coefficient (Wildman–Crippen LogP) is 3.51. The molecule has 0 aliphatic heterocycles. The highest BCUT2D eigenvalue weighted by Crippen LogP contribution is 2.30. The summed E-state index contributed by atoms with van der Waals surface area (Å²) in [7, 11) is 0. The van der Waals surface area contributed by atoms with Crippen molar-refractivity contribution in [3.05, 3.63) is 65.1 Å². The molecule has 11 heteroatoms. The summed E-state index contributed by atoms with van der Waals surface area (Å²) >= 11 is 1.68. The second-order valence-electron chi connectivity index (χ2n) is 7.66. The Morgan fingerprint density at radius 3 is 2.82 bits per heavy atom. The van der Waals surface area contributed by atoms with Crippen LogP contribution in [0.15, 0.2) is 43.1 Å². The van der Waals surface area contributed by atoms with E-state index in [1.165, 1.54) is 11.2 Å². The minimum atomic E-state index is -0.279. The molecule has 5 aromatic rings. The monoisotopic (exact) mass is 461 g/mol. The normalized spacial score (nSPS) is 12.3. The Balaban J connectivity index is 1.64. The minimum absolute atomic E-state index is 0.221. The average Bonchev–Trinajstić information content (AvgIpc) is 3.62. The summed E-state index contributed by atoms with van der Waals surface area (Å²) in [6.07, 6.45) is 8.23. The van der Waals surface area contributed by atoms with Gasteiger partial charge in [-0.15, -0.1) is 16.4 Å². The number of amides is 1. The van der Waals surface area contributed by atoms with Crippen LogP contribution >= 0.6 is 11.3 Å². The molecule has 1 amide bonds. The highest BCUT2D eigenvalue weighted by atomic mass is 32.1. The smallest absolute Gasteiger partial charge is 0.253 e. The number of pyridine rings is 1. The summed E-state index contributed by atoms with van der Waals surface area (Å²) in [5.41, 5.74) is 3.73. The highest BCUT2D eigenvalue weighted by Gasteiger charge is 2.21. The number of carbonyl (C=O) groups is 1. The largest absolute Gasteiger partial charge is 0.342 e. The van der Waals surface area contributed by atoms with Crippen LogP contribution in [-0.2, 0) is 6.42 Å². The lowest BCUT2D eigenvalue weighted by atomic mass is 10.1. The van der Waals surface area contributed by atoms with Crippen LogP contribution in [0.4, 0.5) is 0 Å². The standard InChI is InChI=1S/C22H23N9OS/c1-4-15-9-25-29-31(15)17-8-14(22(32)27-16(5-2)20-24-12-26-28-20)11-30-18(10-23-21(17)30)19-7-6-13(3)33-19/h6-12,16H,4-5H2,1-3H3,(H,27,32)(H,24,26,28)/t16-/m0/s1. The molecule has 2 N–H and O–H groups in total. The third-order valence-electron chi connectivity index (χ3n) is 5.53. The quantitative estimate of drug-likeness (QED) is 0.383. The van der Waals surface area contributed by atoms with Gasteiger partial charge in [-0.25, -0.2) is 14.6 Å². The van der Waals surface area contributed by atoms with Crippen LogP contribution in [0.3, 0.4) is 0 Å². The molecule has 5 heterocycles. The van der Waals surface area contributed by atoms with Gasteiger partial charge < -0.3 is 5.32 Å². The predicted molar refractivity (Wildman–Crippen MR) is 124 cm³/mol. The number of hydrogen-bond donors (Lipinski definition) is 2. The Labute approximate surface area is 193 Å². The fourth-order valence-corrected chi connectivity index (χ4v) is 4.67. The number of nitrogens with zero attached hydrogens (tertiary/aromatic N) is 7. The van der Waals surface area contributed by atoms with Gasteiger partial charge in [0.05, 0.1) is 40.3 Å². The molecule has 0 saturated heterocycles. The number of rotatable bonds is 7. The zero-order chi connectivity index (χ0) is 22.9. The second kappa shape index (κ2) is 8.58. The summed E-state index contributed by atoms with van der Waals surface area (Å²) in [6, 6.07) is 5.67. The van der Waals surface area contributed by atoms with Gasteiger partial charge in [-0.3, -0.25) is 14.3 Å². The molecule has 168 valence electrons. The average molecular weight is 462 g/mol. The van der Waals surface area contributed by atoms with Crippen LogP contribution < -0.4 is 5.32 Å². The molecule has 5 aromatic heterocycles. The number of fused-ring (bicyclic) bond motifs is 1. The van der Waals surface area contributed by atoms with Crippen LogP contribution in [0.25, 0.3) is 21.9 Å². The summed E-state index contributed by atoms with van der Waals surface area (Å²) in [6.45, 7) is 6.09. The van der Waals surface area contributed by atoms with Gasteiger partial charge in [0.1, 0.15) is 17.8 Å². The van der Waals surface area contributed by atoms with Crippen LogP contribution in [0, 0.1) is 6.92 Å². The highest BCUT2D eigenvalue weighted by molar-refractivity contribution is 7.15. The van der Waals surface area contributed by atoms with Gasteiger partial charge in [0.2, 0.25) is 0 Å². The Hall–Kier alpha value is -3.86. The zero-order valence-corrected chi connectivity index (χ0v) is 19.3. The zero-order valence-electron chi connectivity index (χ0n) is 18.5. The first-order chi connectivity index (χ1) is 16.1. The van der Waals surface area contributed by atoms with Crippen molar-refractivity contribution in [2.75, 3.05) is 0 Å². The molecule has 0 fully saturated rings. The van der Waals surface area contributed by atoms with E-state index in [0.29, 0.717) is 29.1 Å². The summed E-state index contributed by atoms with van der Waals surface area (Å²) in [5, 5.41) is 18.1. The molecule has 0 aliphatic rings. The summed E-state index contributed by atoms with van der Waals surface area (Å²) < 4.78 is 3.70. The third kappa shape index (κ3) is 3.80. The van der Waals surface area contributed by atoms with E-state index >= 15 is 0 Å². The van der Waals surface area contributed by atoms with E-state index in [1.807, 2.05) is 36.7 Å². The first kappa shape index (κ1) is 21.0. The molecule has 0 bridgehead atoms. The fraction of sp³-hybridized carbons (Fsp3) is 0.273. The van der Waals surface area contributed by atoms with Crippen LogP contribution in [0.2, 0.25) is 0 Å². The molecule has 0 radical (unpaired) electrons. The molecule has 0 aromatic carbocycles. The van der Waals surface area contributed by atoms with Crippen molar-refractivity contribution in [3.8, 4) is 16.3 Å². The number of hydrogen-bond acceptors (Lipinski definition) is 7. The maximum atomic E-state index is 13.4. The Morgan fingerprint density at radius 1 is 1.24 bits per heavy atom. The van der Waals surface area contributed by atoms with E-state index in [2.05, 4.69) is 54.9 Å². The van der Waals surface area contributed by atoms with E-state index in [1.54, 1.807) is 22.2 Å². The summed E-state index contributed by atoms with van der Waals surface area (Å²) in [4.78, 5) is 24.5. The SMILES string of the molecule is CCc1cnnn1-c1cc(C(=O)N[C@@H](CC)c2ncn[nH]2)cn2c(-c3ccc(C)s3)cnc12. The van der Waals surface area contributed by atoms with Gasteiger partial charge in [0.15, 0.2) is 5.65 Å². The molecule has 33 heavy (non-hydrogen) atoms. The number of carbonyl (C=O) groups excluding carboxylic acids is 1. The van der Waals surface area contributed by atoms with Crippen molar-refractivity contribution in [3.63, 3.8) is 0 Å². The fourth-order valence-electron chi connectivity index (χ4n) is 3.79. The van der Waals surface area contributed by atoms with Crippen molar-refractivity contribution in [1.29, 1.82) is 0 Å². The van der Waals surface area contributed by atoms with Gasteiger partial charge >= 0.3 is 0 Å². The van der Waals surface area contributed by atoms with Gasteiger partial charge in [-0.1, -0.05) is 19.1 Å². The minimum Gasteiger partial charge on any atom is -0.342 e. The number of aryl methyl sites for hydroxylation is 2. The van der Waals surface area contributed by atoms with Crippen molar-refractivity contribution in [2.45, 2.75) is 39.7 Å². The third-order valence-corrected chi connectivity index (χ3v) is 6.55. The van der Waals surface area contributed by atoms with E-state index in [4.69, 9.17) is 0 Å². The van der Waals surface area contributed by atoms with Gasteiger partial charge in [-0.05, 0) is 38.0 Å². The Bertz CT molecular complexity index is 1410. The van der Waals surface area contributed by atoms with Crippen LogP contribution in [-0.4, -0.2) is 45.5 Å². The number of H-pyrrole nitrogens is 1. The van der Waals surface area contributed by atoms with Crippen molar-refractivity contribution in [2.24, 2.45) is 0 Å².